The van der Waals surface area contributed by atoms with E-state index < -0.39 is 234 Å². The van der Waals surface area contributed by atoms with Crippen LogP contribution in [0.3, 0.4) is 0 Å². The summed E-state index contributed by atoms with van der Waals surface area (Å²) in [5.74, 6) is 0. The van der Waals surface area contributed by atoms with Crippen LogP contribution in [0.5, 0.6) is 0 Å². The second kappa shape index (κ2) is 34.8. The minimum Gasteiger partial charge on any atom is -0.414 e. The molecule has 0 amide bonds. The van der Waals surface area contributed by atoms with E-state index in [0.29, 0.717) is 0 Å². The molecule has 636 valence electrons. The summed E-state index contributed by atoms with van der Waals surface area (Å²) in [6.07, 6.45) is -54.1. The van der Waals surface area contributed by atoms with E-state index in [1.807, 2.05) is 203 Å². The number of aliphatic hydroxyl groups excluding tert-OH is 12. The average molecular weight is 1660 g/mol. The van der Waals surface area contributed by atoms with Crippen LogP contribution in [0.15, 0.2) is 0 Å². The first-order chi connectivity index (χ1) is 48.8. The molecule has 0 unspecified atom stereocenters. The van der Waals surface area contributed by atoms with Gasteiger partial charge in [0.05, 0.1) is 39.6 Å². The Hall–Kier alpha value is 0.101. The Balaban J connectivity index is 1.41. The van der Waals surface area contributed by atoms with Crippen LogP contribution in [-0.2, 0) is 83.4 Å². The van der Waals surface area contributed by atoms with Crippen LogP contribution in [-0.4, -0.2) is 335 Å². The molecule has 0 aromatic carbocycles. The van der Waals surface area contributed by atoms with Crippen LogP contribution < -0.4 is 0 Å². The number of rotatable bonds is 18. The highest BCUT2D eigenvalue weighted by atomic mass is 28.4. The van der Waals surface area contributed by atoms with E-state index in [1.165, 1.54) is 0 Å². The summed E-state index contributed by atoms with van der Waals surface area (Å²) in [6, 6.07) is 0. The molecule has 36 heteroatoms. The molecular formula is C72H144O30Si6. The van der Waals surface area contributed by atoms with Gasteiger partial charge in [0.15, 0.2) is 87.6 Å². The van der Waals surface area contributed by atoms with Crippen molar-refractivity contribution in [3.8, 4) is 0 Å². The molecule has 30 nitrogen and oxygen atoms in total. The lowest BCUT2D eigenvalue weighted by Crippen LogP contribution is -2.69. The lowest BCUT2D eigenvalue weighted by atomic mass is 9.94. The van der Waals surface area contributed by atoms with Gasteiger partial charge in [0, 0.05) is 0 Å². The van der Waals surface area contributed by atoms with Gasteiger partial charge in [-0.15, -0.1) is 0 Å². The second-order valence-corrected chi connectivity index (χ2v) is 69.0. The van der Waals surface area contributed by atoms with Gasteiger partial charge in [0.2, 0.25) is 0 Å². The predicted octanol–water partition coefficient (Wildman–Crippen LogP) is 5.12. The largest absolute Gasteiger partial charge is 0.414 e. The number of ether oxygens (including phenoxy) is 12. The lowest BCUT2D eigenvalue weighted by molar-refractivity contribution is -0.403. The van der Waals surface area contributed by atoms with Gasteiger partial charge >= 0.3 is 0 Å². The van der Waals surface area contributed by atoms with E-state index in [9.17, 15) is 61.3 Å². The fourth-order valence-electron chi connectivity index (χ4n) is 11.9. The average Bonchev–Trinajstić information content (AvgIpc) is 0.767. The zero-order valence-electron chi connectivity index (χ0n) is 70.3. The highest BCUT2D eigenvalue weighted by Crippen LogP contribution is 2.46. The molecule has 12 bridgehead atoms. The Kier molecular flexibility index (Phi) is 30.7. The summed E-state index contributed by atoms with van der Waals surface area (Å²) in [5.41, 5.74) is 0. The third-order valence-corrected chi connectivity index (χ3v) is 53.1. The van der Waals surface area contributed by atoms with Crippen molar-refractivity contribution in [3.63, 3.8) is 0 Å². The van der Waals surface area contributed by atoms with E-state index in [-0.39, 0.29) is 69.9 Å². The van der Waals surface area contributed by atoms with E-state index in [1.54, 1.807) is 0 Å². The Morgan fingerprint density at radius 3 is 0.380 bits per heavy atom. The van der Waals surface area contributed by atoms with Crippen LogP contribution in [0, 0.1) is 0 Å². The van der Waals surface area contributed by atoms with Crippen LogP contribution in [0.25, 0.3) is 0 Å². The van der Waals surface area contributed by atoms with Gasteiger partial charge in [0.1, 0.15) is 146 Å². The molecule has 0 radical (unpaired) electrons. The molecule has 0 spiro atoms. The molecule has 0 saturated carbocycles. The van der Waals surface area contributed by atoms with Crippen molar-refractivity contribution in [1.29, 1.82) is 0 Å². The molecule has 22 aliphatic rings. The summed E-state index contributed by atoms with van der Waals surface area (Å²) in [4.78, 5) is 0. The monoisotopic (exact) mass is 1660 g/mol. The van der Waals surface area contributed by atoms with E-state index >= 15 is 0 Å². The Labute approximate surface area is 648 Å². The Morgan fingerprint density at radius 2 is 0.287 bits per heavy atom. The molecule has 22 fully saturated rings. The molecule has 0 aromatic heterocycles. The molecule has 22 rings (SSSR count). The summed E-state index contributed by atoms with van der Waals surface area (Å²) in [5, 5.41) is 148. The first kappa shape index (κ1) is 95.2. The molecule has 0 aliphatic carbocycles. The summed E-state index contributed by atoms with van der Waals surface area (Å²) in [7, 11) is -16.5. The molecule has 108 heavy (non-hydrogen) atoms. The first-order valence-electron chi connectivity index (χ1n) is 38.7. The second-order valence-electron chi connectivity index (χ2n) is 40.2. The fraction of sp³-hybridized carbons (Fsp3) is 1.00. The van der Waals surface area contributed by atoms with Crippen LogP contribution in [0.1, 0.15) is 125 Å². The number of aliphatic hydroxyl groups is 12. The topological polar surface area (TPSA) is 409 Å². The fourth-order valence-corrected chi connectivity index (χ4v) is 18.0. The SMILES string of the molecule is CC(C)(C)[Si](C)(C)OC[C@H]1O[C@@H]2O[C@H]3[C@H](O)[C@@H](O)[C@@H](O[C@H]4[C@H](O)[C@@H](O)[C@@H](O[C@H]5[C@H](O)[C@@H](O)[C@@H](O[C@H]6[C@H](O)[C@@H](O)[C@@H](O[C@H]7[C@H](O)[C@@H](O)[C@@H](O[C@H]1[C@H](O)[C@H]2O)O[C@@H]7CO[Si](C)(C)C(C)(C)C)O[C@@H]6CO[Si](C)(C)C(C)(C)C)O[C@@H]5CO[Si](C)(C)C(C)(C)C)O[C@@H]4CO[Si](C)(C)C(C)(C)C)O[C@@H]3CO[Si](C)(C)C(C)(C)C. The third-order valence-electron chi connectivity index (χ3n) is 26.1. The van der Waals surface area contributed by atoms with Gasteiger partial charge in [-0.25, -0.2) is 0 Å². The summed E-state index contributed by atoms with van der Waals surface area (Å²) >= 11 is 0. The quantitative estimate of drug-likeness (QED) is 0.0792. The summed E-state index contributed by atoms with van der Waals surface area (Å²) in [6.45, 7) is 58.1. The first-order valence-corrected chi connectivity index (χ1v) is 56.1. The molecule has 22 saturated heterocycles. The van der Waals surface area contributed by atoms with Crippen LogP contribution in [0.4, 0.5) is 0 Å². The molecular weight excluding hydrogens is 1510 g/mol. The minimum absolute atomic E-state index is 0.326. The van der Waals surface area contributed by atoms with Crippen LogP contribution in [0.2, 0.25) is 109 Å². The molecule has 0 aromatic rings. The van der Waals surface area contributed by atoms with E-state index in [2.05, 4.69) is 0 Å². The van der Waals surface area contributed by atoms with E-state index in [0.717, 1.165) is 0 Å². The van der Waals surface area contributed by atoms with Gasteiger partial charge in [-0.3, -0.25) is 0 Å². The van der Waals surface area contributed by atoms with Gasteiger partial charge < -0.3 is 145 Å². The highest BCUT2D eigenvalue weighted by molar-refractivity contribution is 6.76. The van der Waals surface area contributed by atoms with Gasteiger partial charge in [-0.2, -0.15) is 0 Å². The highest BCUT2D eigenvalue weighted by Gasteiger charge is 2.61. The molecule has 22 heterocycles. The molecule has 12 N–H and O–H groups in total. The smallest absolute Gasteiger partial charge is 0.192 e. The molecule has 22 aliphatic heterocycles. The van der Waals surface area contributed by atoms with Crippen molar-refractivity contribution in [3.05, 3.63) is 0 Å². The summed E-state index contributed by atoms with van der Waals surface area (Å²) < 4.78 is 120. The molecule has 30 atom stereocenters. The Morgan fingerprint density at radius 1 is 0.185 bits per heavy atom. The lowest BCUT2D eigenvalue weighted by Gasteiger charge is -2.52. The number of hydrogen-bond acceptors (Lipinski definition) is 30. The predicted molar refractivity (Wildman–Crippen MR) is 412 cm³/mol. The van der Waals surface area contributed by atoms with Crippen molar-refractivity contribution in [1.82, 2.24) is 0 Å². The minimum atomic E-state index is -2.74. The maximum Gasteiger partial charge on any atom is 0.192 e. The maximum atomic E-state index is 12.6. The van der Waals surface area contributed by atoms with Crippen molar-refractivity contribution in [2.24, 2.45) is 0 Å². The van der Waals surface area contributed by atoms with Gasteiger partial charge in [-0.05, 0) is 109 Å². The standard InChI is InChI=1S/C72H144O30Si6/c1-67(2,3)103(19,20)85-31-37-55-43(73)49(79)61(91-37)98-56-38(32-86-104(21,22)68(4,5)6)93-63(51(81)45(56)75)100-58-40(34-88-106(25,26)70(10,11)12)95-65(53(83)47(58)77)102-60-42(36-90-108(29,30)72(16,17)18)96-66(54(84)48(60)78)101-59-41(35-89-107(27,28)71(13,14)15)94-64(52(82)46(59)76)99-57-39(33-87-105(23,24)69(7,8)9)92-62(97-55)50(80)44(57)74/h37-66,73-84H,31-36H2,1-30H3/t37-,38-,39-,40-,41-,42-,43-,44-,45-,46-,47-,48-,49-,50-,51-,52-,53-,54-,55-,56-,57-,58-,59-,60-,61-,62-,63-,64-,65-,66-/m1/s1. The van der Waals surface area contributed by atoms with Gasteiger partial charge in [0.25, 0.3) is 0 Å². The van der Waals surface area contributed by atoms with E-state index in [4.69, 9.17) is 83.4 Å². The number of hydrogen-bond donors (Lipinski definition) is 12. The van der Waals surface area contributed by atoms with Crippen molar-refractivity contribution < 1.29 is 145 Å². The Bertz CT molecular complexity index is 2370. The van der Waals surface area contributed by atoms with Crippen molar-refractivity contribution in [2.75, 3.05) is 39.6 Å². The van der Waals surface area contributed by atoms with Crippen LogP contribution >= 0.6 is 0 Å². The zero-order valence-corrected chi connectivity index (χ0v) is 76.3. The van der Waals surface area contributed by atoms with Gasteiger partial charge in [-0.1, -0.05) is 125 Å². The zero-order chi connectivity index (χ0) is 82.3. The third kappa shape index (κ3) is 21.4. The van der Waals surface area contributed by atoms with Crippen molar-refractivity contribution in [2.45, 2.75) is 418 Å². The normalized spacial score (nSPS) is 40.5. The van der Waals surface area contributed by atoms with Crippen molar-refractivity contribution >= 4 is 49.9 Å². The maximum absolute atomic E-state index is 12.6.